The number of aryl methyl sites for hydroxylation is 2. The molecule has 2 atom stereocenters. The zero-order valence-electron chi connectivity index (χ0n) is 17.6. The molecule has 1 aliphatic heterocycles. The number of fused-ring (bicyclic) bond motifs is 1. The summed E-state index contributed by atoms with van der Waals surface area (Å²) >= 11 is 2.72. The first-order valence-electron chi connectivity index (χ1n) is 10.5. The number of hydrogen-bond acceptors (Lipinski definition) is 6. The number of hydrazine groups is 1. The van der Waals surface area contributed by atoms with Gasteiger partial charge in [-0.3, -0.25) is 20.4 Å². The monoisotopic (exact) mass is 481 g/mol. The molecule has 1 aliphatic carbocycles. The standard InChI is InChI=1S/C21H27N3O4S3/c1-13-5-7-17-16(10-13)11-18(30-17)21(26)23-22-20(25)15-4-3-9-24(12-15)31(27,28)19-8-6-14(2)29-19/h6,8,11,13,15H,3-5,7,9-10,12H2,1-2H3,(H,22,25)(H,23,26). The number of piperidine rings is 1. The summed E-state index contributed by atoms with van der Waals surface area (Å²) in [5, 5.41) is 0. The molecular weight excluding hydrogens is 454 g/mol. The number of thiophene rings is 2. The minimum atomic E-state index is -3.60. The second-order valence-electron chi connectivity index (χ2n) is 8.42. The van der Waals surface area contributed by atoms with Gasteiger partial charge in [0.15, 0.2) is 0 Å². The van der Waals surface area contributed by atoms with Crippen molar-refractivity contribution >= 4 is 44.5 Å². The van der Waals surface area contributed by atoms with Gasteiger partial charge in [-0.1, -0.05) is 6.92 Å². The van der Waals surface area contributed by atoms with E-state index in [4.69, 9.17) is 0 Å². The average molecular weight is 482 g/mol. The lowest BCUT2D eigenvalue weighted by atomic mass is 9.90. The van der Waals surface area contributed by atoms with Gasteiger partial charge in [-0.2, -0.15) is 4.31 Å². The zero-order valence-corrected chi connectivity index (χ0v) is 20.1. The predicted molar refractivity (Wildman–Crippen MR) is 122 cm³/mol. The predicted octanol–water partition coefficient (Wildman–Crippen LogP) is 3.10. The molecule has 1 saturated heterocycles. The molecule has 4 rings (SSSR count). The third-order valence-electron chi connectivity index (χ3n) is 5.92. The lowest BCUT2D eigenvalue weighted by Crippen LogP contribution is -2.49. The fourth-order valence-corrected chi connectivity index (χ4v) is 8.22. The lowest BCUT2D eigenvalue weighted by molar-refractivity contribution is -0.126. The van der Waals surface area contributed by atoms with E-state index >= 15 is 0 Å². The van der Waals surface area contributed by atoms with E-state index in [9.17, 15) is 18.0 Å². The van der Waals surface area contributed by atoms with E-state index in [0.29, 0.717) is 34.4 Å². The number of sulfonamides is 1. The van der Waals surface area contributed by atoms with Crippen LogP contribution in [0, 0.1) is 18.8 Å². The van der Waals surface area contributed by atoms with Crippen LogP contribution in [0.3, 0.4) is 0 Å². The van der Waals surface area contributed by atoms with E-state index in [0.717, 1.165) is 24.1 Å². The molecule has 0 radical (unpaired) electrons. The third-order valence-corrected chi connectivity index (χ3v) is 10.5. The van der Waals surface area contributed by atoms with E-state index in [1.807, 2.05) is 13.0 Å². The van der Waals surface area contributed by atoms with Crippen molar-refractivity contribution < 1.29 is 18.0 Å². The van der Waals surface area contributed by atoms with Crippen LogP contribution < -0.4 is 10.9 Å². The third kappa shape index (κ3) is 4.87. The van der Waals surface area contributed by atoms with Crippen LogP contribution in [-0.2, 0) is 27.7 Å². The Bertz CT molecular complexity index is 1090. The van der Waals surface area contributed by atoms with Gasteiger partial charge in [0.1, 0.15) is 4.21 Å². The Kier molecular flexibility index (Phi) is 6.52. The molecule has 2 aliphatic rings. The molecule has 2 aromatic rings. The molecule has 3 heterocycles. The number of carbonyl (C=O) groups is 2. The fraction of sp³-hybridized carbons (Fsp3) is 0.524. The maximum absolute atomic E-state index is 12.9. The van der Waals surface area contributed by atoms with Gasteiger partial charge < -0.3 is 0 Å². The van der Waals surface area contributed by atoms with Crippen molar-refractivity contribution in [2.24, 2.45) is 11.8 Å². The first-order valence-corrected chi connectivity index (χ1v) is 13.6. The first kappa shape index (κ1) is 22.4. The van der Waals surface area contributed by atoms with Gasteiger partial charge in [-0.05, 0) is 68.7 Å². The Labute approximate surface area is 190 Å². The summed E-state index contributed by atoms with van der Waals surface area (Å²) in [5.41, 5.74) is 6.25. The average Bonchev–Trinajstić information content (AvgIpc) is 3.38. The quantitative estimate of drug-likeness (QED) is 0.656. The van der Waals surface area contributed by atoms with E-state index in [1.165, 1.54) is 37.4 Å². The normalized spacial score (nSPS) is 22.0. The molecule has 0 spiro atoms. The Morgan fingerprint density at radius 1 is 1.16 bits per heavy atom. The van der Waals surface area contributed by atoms with Crippen LogP contribution in [0.1, 0.15) is 51.2 Å². The van der Waals surface area contributed by atoms with Crippen molar-refractivity contribution in [3.05, 3.63) is 38.4 Å². The summed E-state index contributed by atoms with van der Waals surface area (Å²) in [6.45, 7) is 4.60. The minimum Gasteiger partial charge on any atom is -0.273 e. The number of amides is 2. The van der Waals surface area contributed by atoms with Crippen LogP contribution >= 0.6 is 22.7 Å². The molecule has 31 heavy (non-hydrogen) atoms. The van der Waals surface area contributed by atoms with Crippen LogP contribution in [0.25, 0.3) is 0 Å². The largest absolute Gasteiger partial charge is 0.279 e. The van der Waals surface area contributed by atoms with Crippen LogP contribution in [0.2, 0.25) is 0 Å². The van der Waals surface area contributed by atoms with Crippen molar-refractivity contribution in [2.75, 3.05) is 13.1 Å². The van der Waals surface area contributed by atoms with E-state index in [1.54, 1.807) is 12.1 Å². The number of carbonyl (C=O) groups excluding carboxylic acids is 2. The Hall–Kier alpha value is -1.75. The molecule has 2 N–H and O–H groups in total. The van der Waals surface area contributed by atoms with Gasteiger partial charge in [-0.15, -0.1) is 22.7 Å². The topological polar surface area (TPSA) is 95.6 Å². The smallest absolute Gasteiger partial charge is 0.273 e. The minimum absolute atomic E-state index is 0.117. The SMILES string of the molecule is Cc1ccc(S(=O)(=O)N2CCCC(C(=O)NNC(=O)c3cc4c(s3)CCC(C)C4)C2)s1. The lowest BCUT2D eigenvalue weighted by Gasteiger charge is -2.30. The molecule has 168 valence electrons. The van der Waals surface area contributed by atoms with Crippen molar-refractivity contribution in [1.29, 1.82) is 0 Å². The summed E-state index contributed by atoms with van der Waals surface area (Å²) in [5.74, 6) is -0.552. The number of hydrogen-bond donors (Lipinski definition) is 2. The molecule has 0 aromatic carbocycles. The number of nitrogens with one attached hydrogen (secondary N) is 2. The Balaban J connectivity index is 1.35. The maximum Gasteiger partial charge on any atom is 0.279 e. The van der Waals surface area contributed by atoms with Crippen molar-refractivity contribution in [1.82, 2.24) is 15.2 Å². The highest BCUT2D eigenvalue weighted by Crippen LogP contribution is 2.32. The molecule has 0 bridgehead atoms. The Morgan fingerprint density at radius 2 is 1.97 bits per heavy atom. The van der Waals surface area contributed by atoms with E-state index in [2.05, 4.69) is 17.8 Å². The molecule has 2 amide bonds. The number of nitrogens with zero attached hydrogens (tertiary/aromatic N) is 1. The van der Waals surface area contributed by atoms with E-state index < -0.39 is 15.9 Å². The summed E-state index contributed by atoms with van der Waals surface area (Å²) in [4.78, 5) is 27.9. The molecule has 2 unspecified atom stereocenters. The molecule has 1 fully saturated rings. The first-order chi connectivity index (χ1) is 14.7. The summed E-state index contributed by atoms with van der Waals surface area (Å²) in [6, 6.07) is 5.32. The number of rotatable bonds is 4. The van der Waals surface area contributed by atoms with Crippen LogP contribution in [-0.4, -0.2) is 37.6 Å². The van der Waals surface area contributed by atoms with Gasteiger partial charge >= 0.3 is 0 Å². The summed E-state index contributed by atoms with van der Waals surface area (Å²) in [7, 11) is -3.60. The van der Waals surface area contributed by atoms with Crippen molar-refractivity contribution in [3.63, 3.8) is 0 Å². The molecule has 2 aromatic heterocycles. The fourth-order valence-electron chi connectivity index (χ4n) is 4.15. The van der Waals surface area contributed by atoms with Gasteiger partial charge in [0, 0.05) is 22.8 Å². The van der Waals surface area contributed by atoms with Gasteiger partial charge in [0.2, 0.25) is 5.91 Å². The van der Waals surface area contributed by atoms with E-state index in [-0.39, 0.29) is 18.4 Å². The Morgan fingerprint density at radius 3 is 2.71 bits per heavy atom. The van der Waals surface area contributed by atoms with Crippen molar-refractivity contribution in [2.45, 2.75) is 50.2 Å². The van der Waals surface area contributed by atoms with Crippen LogP contribution in [0.15, 0.2) is 22.4 Å². The van der Waals surface area contributed by atoms with Crippen LogP contribution in [0.4, 0.5) is 0 Å². The molecule has 0 saturated carbocycles. The van der Waals surface area contributed by atoms with Gasteiger partial charge in [0.25, 0.3) is 15.9 Å². The maximum atomic E-state index is 12.9. The molecule has 7 nitrogen and oxygen atoms in total. The molecular formula is C21H27N3O4S3. The molecule has 10 heteroatoms. The second-order valence-corrected chi connectivity index (χ2v) is 13.0. The second kappa shape index (κ2) is 9.01. The van der Waals surface area contributed by atoms with Gasteiger partial charge in [-0.25, -0.2) is 8.42 Å². The highest BCUT2D eigenvalue weighted by Gasteiger charge is 2.34. The zero-order chi connectivity index (χ0) is 22.2. The summed E-state index contributed by atoms with van der Waals surface area (Å²) < 4.78 is 27.4. The highest BCUT2D eigenvalue weighted by atomic mass is 32.2. The highest BCUT2D eigenvalue weighted by molar-refractivity contribution is 7.91. The van der Waals surface area contributed by atoms with Crippen molar-refractivity contribution in [3.8, 4) is 0 Å². The van der Waals surface area contributed by atoms with Crippen LogP contribution in [0.5, 0.6) is 0 Å². The summed E-state index contributed by atoms with van der Waals surface area (Å²) in [6.07, 6.45) is 4.31. The van der Waals surface area contributed by atoms with Gasteiger partial charge in [0.05, 0.1) is 10.8 Å².